The number of ether oxygens (including phenoxy) is 2. The second-order valence-electron chi connectivity index (χ2n) is 13.2. The van der Waals surface area contributed by atoms with E-state index in [4.69, 9.17) is 9.47 Å². The van der Waals surface area contributed by atoms with Crippen molar-refractivity contribution in [2.75, 3.05) is 0 Å². The van der Waals surface area contributed by atoms with Crippen molar-refractivity contribution >= 4 is 63.8 Å². The number of para-hydroxylation sites is 3. The molecule has 0 radical (unpaired) electrons. The van der Waals surface area contributed by atoms with E-state index in [0.717, 1.165) is 39.5 Å². The highest BCUT2D eigenvalue weighted by molar-refractivity contribution is 7.25. The molecule has 51 heavy (non-hydrogen) atoms. The highest BCUT2D eigenvalue weighted by Gasteiger charge is 2.23. The Balaban J connectivity index is 1.15. The van der Waals surface area contributed by atoms with Gasteiger partial charge in [0, 0.05) is 25.7 Å². The lowest BCUT2D eigenvalue weighted by Crippen LogP contribution is -2.00. The van der Waals surface area contributed by atoms with E-state index in [1.54, 1.807) is 0 Å². The molecule has 238 valence electrons. The molecule has 11 rings (SSSR count). The highest BCUT2D eigenvalue weighted by atomic mass is 32.1. The van der Waals surface area contributed by atoms with E-state index in [1.165, 1.54) is 63.6 Å². The normalized spacial score (nSPS) is 12.2. The van der Waals surface area contributed by atoms with Gasteiger partial charge in [-0.25, -0.2) is 0 Å². The molecule has 3 heteroatoms. The maximum absolute atomic E-state index is 6.57. The first kappa shape index (κ1) is 28.4. The Morgan fingerprint density at radius 2 is 0.804 bits per heavy atom. The maximum atomic E-state index is 6.57. The Hall–Kier alpha value is -6.42. The van der Waals surface area contributed by atoms with Gasteiger partial charge in [0.05, 0.1) is 0 Å². The molecule has 0 spiro atoms. The Bertz CT molecular complexity index is 3010. The Morgan fingerprint density at radius 1 is 0.294 bits per heavy atom. The summed E-state index contributed by atoms with van der Waals surface area (Å²) in [5, 5.41) is 10.2. The van der Waals surface area contributed by atoms with Crippen LogP contribution in [0.5, 0.6) is 23.0 Å². The van der Waals surface area contributed by atoms with E-state index in [2.05, 4.69) is 140 Å². The SMILES string of the molecule is c1ccc2c(c1)Oc1cccc(-c3cc(-c4ccc5sc6ccccc6c5c4)cc(-c4ccc5c6ccccc6c6ccccc6c5c4)c3)c1O2. The summed E-state index contributed by atoms with van der Waals surface area (Å²) in [5.41, 5.74) is 6.70. The molecule has 2 nitrogen and oxygen atoms in total. The third kappa shape index (κ3) is 4.49. The summed E-state index contributed by atoms with van der Waals surface area (Å²) in [5.74, 6) is 2.89. The van der Waals surface area contributed by atoms with Gasteiger partial charge in [0.1, 0.15) is 0 Å². The predicted octanol–water partition coefficient (Wildman–Crippen LogP) is 14.4. The molecular weight excluding hydrogens is 641 g/mol. The van der Waals surface area contributed by atoms with Crippen molar-refractivity contribution in [2.45, 2.75) is 0 Å². The van der Waals surface area contributed by atoms with Crippen LogP contribution in [0.15, 0.2) is 170 Å². The molecule has 0 fully saturated rings. The Morgan fingerprint density at radius 3 is 1.53 bits per heavy atom. The number of benzene rings is 9. The summed E-state index contributed by atoms with van der Waals surface area (Å²) in [4.78, 5) is 0. The van der Waals surface area contributed by atoms with Gasteiger partial charge in [-0.05, 0) is 121 Å². The van der Waals surface area contributed by atoms with Crippen LogP contribution in [0.1, 0.15) is 0 Å². The summed E-state index contributed by atoms with van der Waals surface area (Å²) in [6.45, 7) is 0. The summed E-state index contributed by atoms with van der Waals surface area (Å²) < 4.78 is 15.5. The molecule has 2 heterocycles. The number of thiophene rings is 1. The number of hydrogen-bond acceptors (Lipinski definition) is 3. The van der Waals surface area contributed by atoms with Gasteiger partial charge < -0.3 is 9.47 Å². The smallest absolute Gasteiger partial charge is 0.177 e. The van der Waals surface area contributed by atoms with Crippen LogP contribution in [0.4, 0.5) is 0 Å². The molecule has 0 bridgehead atoms. The van der Waals surface area contributed by atoms with Crippen molar-refractivity contribution in [3.8, 4) is 56.4 Å². The zero-order chi connectivity index (χ0) is 33.5. The molecule has 0 atom stereocenters. The van der Waals surface area contributed by atoms with Crippen LogP contribution in [0.2, 0.25) is 0 Å². The van der Waals surface area contributed by atoms with Gasteiger partial charge in [-0.2, -0.15) is 0 Å². The van der Waals surface area contributed by atoms with Crippen LogP contribution < -0.4 is 9.47 Å². The number of rotatable bonds is 3. The molecule has 1 aliphatic rings. The van der Waals surface area contributed by atoms with E-state index in [-0.39, 0.29) is 0 Å². The van der Waals surface area contributed by atoms with Crippen molar-refractivity contribution in [1.82, 2.24) is 0 Å². The van der Waals surface area contributed by atoms with Gasteiger partial charge in [0.25, 0.3) is 0 Å². The lowest BCUT2D eigenvalue weighted by molar-refractivity contribution is 0.361. The van der Waals surface area contributed by atoms with Crippen molar-refractivity contribution in [3.05, 3.63) is 170 Å². The minimum absolute atomic E-state index is 0.716. The average molecular weight is 669 g/mol. The zero-order valence-corrected chi connectivity index (χ0v) is 28.2. The molecule has 0 N–H and O–H groups in total. The fraction of sp³-hybridized carbons (Fsp3) is 0. The van der Waals surface area contributed by atoms with Crippen LogP contribution in [-0.4, -0.2) is 0 Å². The van der Waals surface area contributed by atoms with E-state index in [9.17, 15) is 0 Å². The topological polar surface area (TPSA) is 18.5 Å². The van der Waals surface area contributed by atoms with Crippen LogP contribution in [0.25, 0.3) is 85.9 Å². The largest absolute Gasteiger partial charge is 0.449 e. The fourth-order valence-electron chi connectivity index (χ4n) is 7.89. The van der Waals surface area contributed by atoms with E-state index in [0.29, 0.717) is 5.75 Å². The second kappa shape index (κ2) is 11.0. The quantitative estimate of drug-likeness (QED) is 0.174. The van der Waals surface area contributed by atoms with Crippen molar-refractivity contribution in [1.29, 1.82) is 0 Å². The van der Waals surface area contributed by atoms with Gasteiger partial charge in [-0.1, -0.05) is 109 Å². The third-order valence-corrected chi connectivity index (χ3v) is 11.4. The van der Waals surface area contributed by atoms with Crippen molar-refractivity contribution in [3.63, 3.8) is 0 Å². The fourth-order valence-corrected chi connectivity index (χ4v) is 8.97. The summed E-state index contributed by atoms with van der Waals surface area (Å²) in [7, 11) is 0. The first-order valence-electron chi connectivity index (χ1n) is 17.2. The third-order valence-electron chi connectivity index (χ3n) is 10.3. The predicted molar refractivity (Wildman–Crippen MR) is 215 cm³/mol. The number of hydrogen-bond donors (Lipinski definition) is 0. The molecule has 0 amide bonds. The first-order valence-corrected chi connectivity index (χ1v) is 18.1. The molecule has 10 aromatic rings. The Kier molecular flexibility index (Phi) is 6.16. The molecular formula is C48H28O2S. The second-order valence-corrected chi connectivity index (χ2v) is 14.3. The minimum Gasteiger partial charge on any atom is -0.449 e. The molecule has 0 saturated heterocycles. The lowest BCUT2D eigenvalue weighted by atomic mass is 9.89. The summed E-state index contributed by atoms with van der Waals surface area (Å²) in [6.07, 6.45) is 0. The van der Waals surface area contributed by atoms with Crippen LogP contribution in [0.3, 0.4) is 0 Å². The minimum atomic E-state index is 0.716. The number of fused-ring (bicyclic) bond motifs is 11. The van der Waals surface area contributed by atoms with E-state index in [1.807, 2.05) is 41.7 Å². The highest BCUT2D eigenvalue weighted by Crippen LogP contribution is 2.50. The summed E-state index contributed by atoms with van der Waals surface area (Å²) >= 11 is 1.85. The molecule has 1 aromatic heterocycles. The van der Waals surface area contributed by atoms with Crippen LogP contribution in [0, 0.1) is 0 Å². The van der Waals surface area contributed by atoms with Gasteiger partial charge in [0.15, 0.2) is 23.0 Å². The monoisotopic (exact) mass is 668 g/mol. The van der Waals surface area contributed by atoms with Gasteiger partial charge >= 0.3 is 0 Å². The zero-order valence-electron chi connectivity index (χ0n) is 27.4. The van der Waals surface area contributed by atoms with Gasteiger partial charge in [-0.15, -0.1) is 11.3 Å². The van der Waals surface area contributed by atoms with Gasteiger partial charge in [0.2, 0.25) is 0 Å². The average Bonchev–Trinajstić information content (AvgIpc) is 3.57. The van der Waals surface area contributed by atoms with Crippen molar-refractivity contribution in [2.24, 2.45) is 0 Å². The summed E-state index contributed by atoms with van der Waals surface area (Å²) in [6, 6.07) is 61.0. The van der Waals surface area contributed by atoms with Crippen LogP contribution >= 0.6 is 11.3 Å². The first-order chi connectivity index (χ1) is 25.2. The molecule has 1 aliphatic heterocycles. The van der Waals surface area contributed by atoms with Gasteiger partial charge in [-0.3, -0.25) is 0 Å². The van der Waals surface area contributed by atoms with Crippen LogP contribution in [-0.2, 0) is 0 Å². The molecule has 9 aromatic carbocycles. The maximum Gasteiger partial charge on any atom is 0.177 e. The van der Waals surface area contributed by atoms with E-state index >= 15 is 0 Å². The van der Waals surface area contributed by atoms with E-state index < -0.39 is 0 Å². The molecule has 0 aliphatic carbocycles. The molecule has 0 saturated carbocycles. The standard InChI is InChI=1S/C48H28O2S/c1-2-12-37-35(10-1)36-11-3-4-13-38(36)41-27-29(20-22-39(37)41)31-24-32(30-21-23-47-42(28-30)40-14-5-8-19-46(40)51-47)26-33(25-31)34-15-9-18-45-48(34)50-44-17-7-6-16-43(44)49-45/h1-28H. The Labute approximate surface area is 298 Å². The lowest BCUT2D eigenvalue weighted by Gasteiger charge is -2.23. The van der Waals surface area contributed by atoms with Crippen molar-refractivity contribution < 1.29 is 9.47 Å². The molecule has 0 unspecified atom stereocenters.